The topological polar surface area (TPSA) is 75.7 Å². The number of amides is 1. The van der Waals surface area contributed by atoms with Crippen molar-refractivity contribution in [2.45, 2.75) is 4.90 Å². The molecule has 0 fully saturated rings. The van der Waals surface area contributed by atoms with Crippen LogP contribution in [0.4, 0.5) is 11.4 Å². The van der Waals surface area contributed by atoms with Crippen molar-refractivity contribution in [2.75, 3.05) is 35.8 Å². The van der Waals surface area contributed by atoms with E-state index in [0.717, 1.165) is 15.5 Å². The van der Waals surface area contributed by atoms with E-state index >= 15 is 0 Å². The van der Waals surface area contributed by atoms with Gasteiger partial charge in [0.1, 0.15) is 12.3 Å². The number of hydrogen-bond acceptors (Lipinski definition) is 5. The molecule has 0 aliphatic carbocycles. The molecule has 1 amide bonds. The molecule has 0 saturated carbocycles. The molecule has 0 bridgehead atoms. The number of ether oxygens (including phenoxy) is 1. The van der Waals surface area contributed by atoms with E-state index < -0.39 is 15.9 Å². The van der Waals surface area contributed by atoms with Crippen LogP contribution in [-0.2, 0) is 14.8 Å². The van der Waals surface area contributed by atoms with Crippen LogP contribution in [0.5, 0.6) is 5.75 Å². The van der Waals surface area contributed by atoms with Crippen molar-refractivity contribution in [3.05, 3.63) is 48.5 Å². The summed E-state index contributed by atoms with van der Waals surface area (Å²) in [4.78, 5) is 13.3. The van der Waals surface area contributed by atoms with Crippen LogP contribution in [0.25, 0.3) is 0 Å². The molecule has 0 aromatic heterocycles. The summed E-state index contributed by atoms with van der Waals surface area (Å²) in [6, 6.07) is 14.0. The first-order valence-electron chi connectivity index (χ1n) is 7.40. The first kappa shape index (κ1) is 19.1. The molecule has 0 aliphatic rings. The summed E-state index contributed by atoms with van der Waals surface area (Å²) in [5.41, 5.74) is 0.936. The first-order chi connectivity index (χ1) is 11.8. The van der Waals surface area contributed by atoms with Crippen LogP contribution in [0.2, 0.25) is 0 Å². The van der Waals surface area contributed by atoms with Crippen LogP contribution in [0.15, 0.2) is 53.4 Å². The van der Waals surface area contributed by atoms with E-state index in [2.05, 4.69) is 5.32 Å². The van der Waals surface area contributed by atoms with Gasteiger partial charge < -0.3 is 10.1 Å². The molecule has 0 heterocycles. The van der Waals surface area contributed by atoms with Gasteiger partial charge in [-0.1, -0.05) is 18.2 Å². The van der Waals surface area contributed by atoms with Crippen LogP contribution < -0.4 is 14.4 Å². The molecule has 2 aromatic carbocycles. The second-order valence-electron chi connectivity index (χ2n) is 5.22. The Morgan fingerprint density at radius 2 is 1.92 bits per heavy atom. The molecule has 134 valence electrons. The van der Waals surface area contributed by atoms with Gasteiger partial charge in [-0.25, -0.2) is 8.42 Å². The highest BCUT2D eigenvalue weighted by Crippen LogP contribution is 2.25. The summed E-state index contributed by atoms with van der Waals surface area (Å²) < 4.78 is 30.6. The van der Waals surface area contributed by atoms with Gasteiger partial charge >= 0.3 is 0 Å². The predicted octanol–water partition coefficient (Wildman–Crippen LogP) is 2.82. The van der Waals surface area contributed by atoms with Crippen molar-refractivity contribution < 1.29 is 17.9 Å². The maximum absolute atomic E-state index is 12.4. The Balaban J connectivity index is 2.24. The van der Waals surface area contributed by atoms with Gasteiger partial charge in [-0.05, 0) is 36.6 Å². The van der Waals surface area contributed by atoms with E-state index in [9.17, 15) is 13.2 Å². The van der Waals surface area contributed by atoms with Gasteiger partial charge in [0.2, 0.25) is 15.9 Å². The fourth-order valence-electron chi connectivity index (χ4n) is 2.23. The number of methoxy groups -OCH3 is 1. The Morgan fingerprint density at radius 3 is 2.56 bits per heavy atom. The molecule has 1 N–H and O–H groups in total. The molecule has 0 unspecified atom stereocenters. The van der Waals surface area contributed by atoms with E-state index in [4.69, 9.17) is 4.74 Å². The number of sulfonamides is 1. The maximum Gasteiger partial charge on any atom is 0.245 e. The Labute approximate surface area is 152 Å². The number of carbonyl (C=O) groups is 1. The normalized spacial score (nSPS) is 11.0. The molecule has 2 aromatic rings. The van der Waals surface area contributed by atoms with E-state index in [1.807, 2.05) is 12.3 Å². The Morgan fingerprint density at radius 1 is 1.20 bits per heavy atom. The lowest BCUT2D eigenvalue weighted by molar-refractivity contribution is -0.114. The summed E-state index contributed by atoms with van der Waals surface area (Å²) in [6.07, 6.45) is 2.98. The third-order valence-electron chi connectivity index (χ3n) is 3.41. The van der Waals surface area contributed by atoms with Gasteiger partial charge in [-0.3, -0.25) is 9.10 Å². The average Bonchev–Trinajstić information content (AvgIpc) is 2.59. The Hall–Kier alpha value is -2.19. The smallest absolute Gasteiger partial charge is 0.245 e. The van der Waals surface area contributed by atoms with Crippen molar-refractivity contribution in [1.29, 1.82) is 0 Å². The molecule has 0 atom stereocenters. The van der Waals surface area contributed by atoms with Crippen molar-refractivity contribution in [3.63, 3.8) is 0 Å². The molecule has 25 heavy (non-hydrogen) atoms. The van der Waals surface area contributed by atoms with E-state index in [1.165, 1.54) is 18.9 Å². The first-order valence-corrected chi connectivity index (χ1v) is 10.5. The minimum atomic E-state index is -3.61. The van der Waals surface area contributed by atoms with Crippen LogP contribution in [0, 0.1) is 0 Å². The SMILES string of the molecule is COc1ccccc1NC(=O)CN(c1cccc(SC)c1)S(C)(=O)=O. The van der Waals surface area contributed by atoms with Gasteiger partial charge in [0.05, 0.1) is 24.7 Å². The van der Waals surface area contributed by atoms with Gasteiger partial charge in [-0.2, -0.15) is 0 Å². The number of anilines is 2. The molecule has 0 spiro atoms. The van der Waals surface area contributed by atoms with Crippen LogP contribution in [0.3, 0.4) is 0 Å². The molecule has 0 radical (unpaired) electrons. The largest absolute Gasteiger partial charge is 0.495 e. The summed E-state index contributed by atoms with van der Waals surface area (Å²) >= 11 is 1.50. The lowest BCUT2D eigenvalue weighted by Gasteiger charge is -2.22. The number of benzene rings is 2. The molecule has 0 saturated heterocycles. The van der Waals surface area contributed by atoms with Gasteiger partial charge in [0, 0.05) is 4.90 Å². The Kier molecular flexibility index (Phi) is 6.33. The molecule has 0 aliphatic heterocycles. The van der Waals surface area contributed by atoms with Crippen molar-refractivity contribution in [1.82, 2.24) is 0 Å². The highest BCUT2D eigenvalue weighted by Gasteiger charge is 2.21. The monoisotopic (exact) mass is 380 g/mol. The fraction of sp³-hybridized carbons (Fsp3) is 0.235. The highest BCUT2D eigenvalue weighted by atomic mass is 32.2. The third kappa shape index (κ3) is 5.14. The molecule has 6 nitrogen and oxygen atoms in total. The highest BCUT2D eigenvalue weighted by molar-refractivity contribution is 7.98. The summed E-state index contributed by atoms with van der Waals surface area (Å²) in [5, 5.41) is 2.69. The number of hydrogen-bond donors (Lipinski definition) is 1. The lowest BCUT2D eigenvalue weighted by atomic mass is 10.3. The maximum atomic E-state index is 12.4. The summed E-state index contributed by atoms with van der Waals surface area (Å²) in [7, 11) is -2.11. The fourth-order valence-corrected chi connectivity index (χ4v) is 3.54. The van der Waals surface area contributed by atoms with Crippen LogP contribution >= 0.6 is 11.8 Å². The minimum absolute atomic E-state index is 0.325. The van der Waals surface area contributed by atoms with Gasteiger partial charge in [-0.15, -0.1) is 11.8 Å². The number of nitrogens with one attached hydrogen (secondary N) is 1. The van der Waals surface area contributed by atoms with Gasteiger partial charge in [0.25, 0.3) is 0 Å². The number of rotatable bonds is 7. The number of para-hydroxylation sites is 2. The quantitative estimate of drug-likeness (QED) is 0.748. The van der Waals surface area contributed by atoms with Crippen molar-refractivity contribution in [3.8, 4) is 5.75 Å². The zero-order chi connectivity index (χ0) is 18.4. The summed E-state index contributed by atoms with van der Waals surface area (Å²) in [5.74, 6) is 0.0515. The van der Waals surface area contributed by atoms with Crippen LogP contribution in [-0.4, -0.2) is 40.5 Å². The molecule has 2 rings (SSSR count). The van der Waals surface area contributed by atoms with Crippen molar-refractivity contribution >= 4 is 39.1 Å². The second-order valence-corrected chi connectivity index (χ2v) is 8.01. The lowest BCUT2D eigenvalue weighted by Crippen LogP contribution is -2.37. The van der Waals surface area contributed by atoms with E-state index in [1.54, 1.807) is 42.5 Å². The predicted molar refractivity (Wildman–Crippen MR) is 102 cm³/mol. The number of carbonyl (C=O) groups excluding carboxylic acids is 1. The van der Waals surface area contributed by atoms with E-state index in [-0.39, 0.29) is 6.54 Å². The van der Waals surface area contributed by atoms with E-state index in [0.29, 0.717) is 17.1 Å². The zero-order valence-corrected chi connectivity index (χ0v) is 15.9. The van der Waals surface area contributed by atoms with Crippen LogP contribution in [0.1, 0.15) is 0 Å². The van der Waals surface area contributed by atoms with Gasteiger partial charge in [0.15, 0.2) is 0 Å². The third-order valence-corrected chi connectivity index (χ3v) is 5.28. The number of nitrogens with zero attached hydrogens (tertiary/aromatic N) is 1. The molecular weight excluding hydrogens is 360 g/mol. The molecule has 8 heteroatoms. The Bertz CT molecular complexity index is 853. The average molecular weight is 380 g/mol. The summed E-state index contributed by atoms with van der Waals surface area (Å²) in [6.45, 7) is -0.325. The minimum Gasteiger partial charge on any atom is -0.495 e. The molecular formula is C17H20N2O4S2. The zero-order valence-electron chi connectivity index (χ0n) is 14.2. The number of thioether (sulfide) groups is 1. The standard InChI is InChI=1S/C17H20N2O4S2/c1-23-16-10-5-4-9-15(16)18-17(20)12-19(25(3,21)22)13-7-6-8-14(11-13)24-2/h4-11H,12H2,1-3H3,(H,18,20). The van der Waals surface area contributed by atoms with Crippen molar-refractivity contribution in [2.24, 2.45) is 0 Å². The second kappa shape index (κ2) is 8.26.